The molecule has 25 heavy (non-hydrogen) atoms. The highest BCUT2D eigenvalue weighted by Gasteiger charge is 2.24. The average Bonchev–Trinajstić information content (AvgIpc) is 3.05. The van der Waals surface area contributed by atoms with Crippen LogP contribution in [0.25, 0.3) is 0 Å². The van der Waals surface area contributed by atoms with Crippen molar-refractivity contribution in [3.05, 3.63) is 65.2 Å². The van der Waals surface area contributed by atoms with E-state index in [1.165, 1.54) is 24.3 Å². The third-order valence-corrected chi connectivity index (χ3v) is 5.64. The summed E-state index contributed by atoms with van der Waals surface area (Å²) in [6.07, 6.45) is 0.352. The molecule has 1 heterocycles. The Labute approximate surface area is 147 Å². The molecule has 0 radical (unpaired) electrons. The van der Waals surface area contributed by atoms with Gasteiger partial charge in [0.2, 0.25) is 10.0 Å². The van der Waals surface area contributed by atoms with E-state index in [1.807, 2.05) is 24.3 Å². The second kappa shape index (κ2) is 7.35. The molecular formula is C18H20N2O4S. The molecule has 2 aromatic rings. The Morgan fingerprint density at radius 2 is 1.64 bits per heavy atom. The number of hydrogen-bond donors (Lipinski definition) is 2. The lowest BCUT2D eigenvalue weighted by Crippen LogP contribution is -2.26. The van der Waals surface area contributed by atoms with E-state index < -0.39 is 10.0 Å². The van der Waals surface area contributed by atoms with Gasteiger partial charge in [-0.15, -0.1) is 0 Å². The van der Waals surface area contributed by atoms with Gasteiger partial charge in [0.05, 0.1) is 4.90 Å². The third-order valence-electron chi connectivity index (χ3n) is 4.17. The van der Waals surface area contributed by atoms with Crippen LogP contribution in [-0.4, -0.2) is 37.5 Å². The Hall–Kier alpha value is -2.22. The molecule has 2 aromatic carbocycles. The van der Waals surface area contributed by atoms with E-state index in [4.69, 9.17) is 5.11 Å². The maximum Gasteiger partial charge on any atom is 0.254 e. The van der Waals surface area contributed by atoms with Gasteiger partial charge in [-0.05, 0) is 41.8 Å². The van der Waals surface area contributed by atoms with Gasteiger partial charge in [0.1, 0.15) is 0 Å². The quantitative estimate of drug-likeness (QED) is 0.765. The molecule has 1 aliphatic rings. The molecule has 0 bridgehead atoms. The van der Waals surface area contributed by atoms with Crippen LogP contribution in [0.5, 0.6) is 0 Å². The summed E-state index contributed by atoms with van der Waals surface area (Å²) in [5, 5.41) is 8.72. The van der Waals surface area contributed by atoms with E-state index in [1.54, 1.807) is 4.90 Å². The van der Waals surface area contributed by atoms with Gasteiger partial charge >= 0.3 is 0 Å². The number of aliphatic hydroxyl groups excluding tert-OH is 1. The van der Waals surface area contributed by atoms with Crippen molar-refractivity contribution < 1.29 is 18.3 Å². The standard InChI is InChI=1S/C18H20N2O4S/c21-11-3-10-19-25(23,24)17-8-6-14(7-9-17)18(22)20-12-15-4-1-2-5-16(15)13-20/h1-2,4-9,19,21H,3,10-13H2. The first-order chi connectivity index (χ1) is 12.0. The smallest absolute Gasteiger partial charge is 0.254 e. The first-order valence-electron chi connectivity index (χ1n) is 8.08. The maximum atomic E-state index is 12.6. The summed E-state index contributed by atoms with van der Waals surface area (Å²) in [6, 6.07) is 13.9. The highest BCUT2D eigenvalue weighted by Crippen LogP contribution is 2.24. The molecule has 0 aliphatic carbocycles. The molecule has 0 aromatic heterocycles. The fourth-order valence-corrected chi connectivity index (χ4v) is 3.88. The Bertz CT molecular complexity index is 838. The summed E-state index contributed by atoms with van der Waals surface area (Å²) >= 11 is 0. The highest BCUT2D eigenvalue weighted by molar-refractivity contribution is 7.89. The minimum Gasteiger partial charge on any atom is -0.396 e. The Morgan fingerprint density at radius 1 is 1.04 bits per heavy atom. The van der Waals surface area contributed by atoms with Gasteiger partial charge in [-0.1, -0.05) is 24.3 Å². The summed E-state index contributed by atoms with van der Waals surface area (Å²) in [5.74, 6) is -0.117. The molecule has 0 fully saturated rings. The number of nitrogens with one attached hydrogen (secondary N) is 1. The number of benzene rings is 2. The minimum atomic E-state index is -3.62. The second-order valence-electron chi connectivity index (χ2n) is 5.93. The molecule has 1 aliphatic heterocycles. The zero-order valence-corrected chi connectivity index (χ0v) is 14.5. The van der Waals surface area contributed by atoms with Gasteiger partial charge in [0.15, 0.2) is 0 Å². The number of aliphatic hydroxyl groups is 1. The van der Waals surface area contributed by atoms with Crippen LogP contribution in [0.1, 0.15) is 27.9 Å². The molecule has 0 saturated heterocycles. The van der Waals surface area contributed by atoms with Crippen LogP contribution >= 0.6 is 0 Å². The molecule has 7 heteroatoms. The predicted octanol–water partition coefficient (Wildman–Crippen LogP) is 1.50. The fraction of sp³-hybridized carbons (Fsp3) is 0.278. The van der Waals surface area contributed by atoms with Crippen LogP contribution in [0.3, 0.4) is 0 Å². The predicted molar refractivity (Wildman–Crippen MR) is 93.4 cm³/mol. The molecule has 6 nitrogen and oxygen atoms in total. The molecule has 3 rings (SSSR count). The summed E-state index contributed by atoms with van der Waals surface area (Å²) in [6.45, 7) is 1.23. The van der Waals surface area contributed by atoms with Gasteiger partial charge in [0.25, 0.3) is 5.91 Å². The largest absolute Gasteiger partial charge is 0.396 e. The topological polar surface area (TPSA) is 86.7 Å². The van der Waals surface area contributed by atoms with Crippen molar-refractivity contribution in [3.8, 4) is 0 Å². The summed E-state index contributed by atoms with van der Waals surface area (Å²) < 4.78 is 26.6. The van der Waals surface area contributed by atoms with Gasteiger partial charge in [-0.3, -0.25) is 4.79 Å². The Balaban J connectivity index is 1.70. The van der Waals surface area contributed by atoms with Crippen LogP contribution in [0.2, 0.25) is 0 Å². The van der Waals surface area contributed by atoms with Crippen molar-refractivity contribution >= 4 is 15.9 Å². The zero-order valence-electron chi connectivity index (χ0n) is 13.7. The summed E-state index contributed by atoms with van der Waals surface area (Å²) in [7, 11) is -3.62. The van der Waals surface area contributed by atoms with Crippen molar-refractivity contribution in [1.29, 1.82) is 0 Å². The lowest BCUT2D eigenvalue weighted by molar-refractivity contribution is 0.0751. The number of fused-ring (bicyclic) bond motifs is 1. The van der Waals surface area contributed by atoms with E-state index in [0.29, 0.717) is 25.1 Å². The van der Waals surface area contributed by atoms with Crippen LogP contribution < -0.4 is 4.72 Å². The average molecular weight is 360 g/mol. The number of rotatable bonds is 6. The van der Waals surface area contributed by atoms with Crippen molar-refractivity contribution in [2.75, 3.05) is 13.2 Å². The normalized spacial score (nSPS) is 13.7. The van der Waals surface area contributed by atoms with Crippen LogP contribution in [0.4, 0.5) is 0 Å². The molecule has 0 saturated carbocycles. The first kappa shape index (κ1) is 17.6. The molecule has 1 amide bonds. The summed E-state index contributed by atoms with van der Waals surface area (Å²) in [4.78, 5) is 14.5. The number of sulfonamides is 1. The number of nitrogens with zero attached hydrogens (tertiary/aromatic N) is 1. The molecular weight excluding hydrogens is 340 g/mol. The lowest BCUT2D eigenvalue weighted by Gasteiger charge is -2.15. The Morgan fingerprint density at radius 3 is 2.20 bits per heavy atom. The number of amides is 1. The fourth-order valence-electron chi connectivity index (χ4n) is 2.80. The Kier molecular flexibility index (Phi) is 5.17. The monoisotopic (exact) mass is 360 g/mol. The van der Waals surface area contributed by atoms with Gasteiger partial charge in [0, 0.05) is 31.8 Å². The molecule has 0 spiro atoms. The molecule has 0 unspecified atom stereocenters. The van der Waals surface area contributed by atoms with Crippen molar-refractivity contribution in [3.63, 3.8) is 0 Å². The third kappa shape index (κ3) is 3.89. The van der Waals surface area contributed by atoms with E-state index in [-0.39, 0.29) is 24.0 Å². The maximum absolute atomic E-state index is 12.6. The highest BCUT2D eigenvalue weighted by atomic mass is 32.2. The SMILES string of the molecule is O=C(c1ccc(S(=O)(=O)NCCCO)cc1)N1Cc2ccccc2C1. The van der Waals surface area contributed by atoms with Crippen LogP contribution in [0.15, 0.2) is 53.4 Å². The van der Waals surface area contributed by atoms with E-state index in [2.05, 4.69) is 4.72 Å². The molecule has 2 N–H and O–H groups in total. The number of carbonyl (C=O) groups is 1. The van der Waals surface area contributed by atoms with Crippen LogP contribution in [0, 0.1) is 0 Å². The van der Waals surface area contributed by atoms with Crippen molar-refractivity contribution in [1.82, 2.24) is 9.62 Å². The zero-order chi connectivity index (χ0) is 17.9. The van der Waals surface area contributed by atoms with Gasteiger partial charge < -0.3 is 10.0 Å². The first-order valence-corrected chi connectivity index (χ1v) is 9.56. The van der Waals surface area contributed by atoms with Crippen molar-refractivity contribution in [2.24, 2.45) is 0 Å². The molecule has 132 valence electrons. The second-order valence-corrected chi connectivity index (χ2v) is 7.70. The van der Waals surface area contributed by atoms with E-state index >= 15 is 0 Å². The number of carbonyl (C=O) groups excluding carboxylic acids is 1. The lowest BCUT2D eigenvalue weighted by atomic mass is 10.1. The number of hydrogen-bond acceptors (Lipinski definition) is 4. The van der Waals surface area contributed by atoms with E-state index in [0.717, 1.165) is 11.1 Å². The van der Waals surface area contributed by atoms with Gasteiger partial charge in [-0.2, -0.15) is 0 Å². The minimum absolute atomic E-state index is 0.0752. The molecule has 0 atom stereocenters. The summed E-state index contributed by atoms with van der Waals surface area (Å²) in [5.41, 5.74) is 2.74. The van der Waals surface area contributed by atoms with Crippen LogP contribution in [-0.2, 0) is 23.1 Å². The van der Waals surface area contributed by atoms with Gasteiger partial charge in [-0.25, -0.2) is 13.1 Å². The van der Waals surface area contributed by atoms with E-state index in [9.17, 15) is 13.2 Å². The van der Waals surface area contributed by atoms with Crippen molar-refractivity contribution in [2.45, 2.75) is 24.4 Å².